The fourth-order valence-corrected chi connectivity index (χ4v) is 8.07. The van der Waals surface area contributed by atoms with Gasteiger partial charge in [-0.1, -0.05) is 48.5 Å². The van der Waals surface area contributed by atoms with Crippen molar-refractivity contribution in [1.29, 1.82) is 0 Å². The second-order valence-corrected chi connectivity index (χ2v) is 16.3. The molecule has 2 aliphatic rings. The van der Waals surface area contributed by atoms with Gasteiger partial charge in [0.2, 0.25) is 41.4 Å². The van der Waals surface area contributed by atoms with Crippen LogP contribution in [0.3, 0.4) is 0 Å². The number of benzene rings is 2. The SMILES string of the molecule is CC(=O)N[C@@H](Cc1ccccc1)C(=O)N[C@H]1CCCNC(=O)C(CCCN=C(N)N)NC(=O)[C@H](Cc2c[nH]c3ccccc23)NC(=O)[C@@H](CCCN=C(N)N)NC(=O)[C@@H]2CCCN2C1=O. The number of nitrogens with two attached hydrogens (primary N) is 4. The van der Waals surface area contributed by atoms with E-state index in [1.54, 1.807) is 6.20 Å². The number of para-hydroxylation sites is 1. The van der Waals surface area contributed by atoms with Gasteiger partial charge in [-0.05, 0) is 68.6 Å². The third-order valence-corrected chi connectivity index (χ3v) is 11.3. The predicted molar refractivity (Wildman–Crippen MR) is 244 cm³/mol. The number of aromatic nitrogens is 1. The highest BCUT2D eigenvalue weighted by molar-refractivity contribution is 5.98. The third kappa shape index (κ3) is 14.7. The number of carbonyl (C=O) groups excluding carboxylic acids is 7. The number of guanidine groups is 2. The summed E-state index contributed by atoms with van der Waals surface area (Å²) in [5.41, 5.74) is 24.5. The maximum Gasteiger partial charge on any atom is 0.245 e. The first-order valence-electron chi connectivity index (χ1n) is 22.0. The first-order chi connectivity index (χ1) is 31.2. The Balaban J connectivity index is 1.48. The molecule has 2 aliphatic heterocycles. The first-order valence-corrected chi connectivity index (χ1v) is 22.0. The molecule has 350 valence electrons. The summed E-state index contributed by atoms with van der Waals surface area (Å²) in [5.74, 6) is -4.37. The van der Waals surface area contributed by atoms with Crippen molar-refractivity contribution in [2.45, 2.75) is 107 Å². The highest BCUT2D eigenvalue weighted by Gasteiger charge is 2.40. The number of hydrogen-bond donors (Lipinski definition) is 11. The molecule has 6 atom stereocenters. The van der Waals surface area contributed by atoms with Crippen molar-refractivity contribution in [2.24, 2.45) is 32.9 Å². The monoisotopic (exact) mass is 898 g/mol. The number of aliphatic imine (C=N–C) groups is 2. The fourth-order valence-electron chi connectivity index (χ4n) is 8.07. The Morgan fingerprint density at radius 2 is 1.38 bits per heavy atom. The number of amides is 7. The Hall–Kier alpha value is -7.19. The zero-order chi connectivity index (χ0) is 46.9. The average molecular weight is 899 g/mol. The molecule has 7 amide bonds. The number of carbonyl (C=O) groups is 7. The van der Waals surface area contributed by atoms with E-state index in [9.17, 15) is 33.6 Å². The molecule has 2 saturated heterocycles. The molecular weight excluding hydrogens is 837 g/mol. The molecule has 0 radical (unpaired) electrons. The van der Waals surface area contributed by atoms with Crippen molar-refractivity contribution in [1.82, 2.24) is 41.8 Å². The molecule has 5 rings (SSSR count). The summed E-state index contributed by atoms with van der Waals surface area (Å²) in [4.78, 5) is 110. The van der Waals surface area contributed by atoms with Crippen molar-refractivity contribution < 1.29 is 33.6 Å². The number of aromatic amines is 1. The molecule has 2 aromatic carbocycles. The van der Waals surface area contributed by atoms with Crippen LogP contribution in [0.4, 0.5) is 0 Å². The van der Waals surface area contributed by atoms with Gasteiger partial charge in [0.25, 0.3) is 0 Å². The first kappa shape index (κ1) is 48.8. The average Bonchev–Trinajstić information content (AvgIpc) is 3.93. The Morgan fingerprint density at radius 3 is 2.06 bits per heavy atom. The summed E-state index contributed by atoms with van der Waals surface area (Å²) >= 11 is 0. The quantitative estimate of drug-likeness (QED) is 0.0469. The van der Waals surface area contributed by atoms with Gasteiger partial charge in [-0.15, -0.1) is 0 Å². The van der Waals surface area contributed by atoms with Crippen molar-refractivity contribution >= 4 is 64.2 Å². The molecule has 21 nitrogen and oxygen atoms in total. The second-order valence-electron chi connectivity index (χ2n) is 16.3. The number of fused-ring (bicyclic) bond motifs is 2. The summed E-state index contributed by atoms with van der Waals surface area (Å²) < 4.78 is 0. The molecule has 1 aromatic heterocycles. The minimum Gasteiger partial charge on any atom is -0.370 e. The van der Waals surface area contributed by atoms with Crippen molar-refractivity contribution in [3.8, 4) is 0 Å². The second kappa shape index (κ2) is 24.0. The molecule has 3 heterocycles. The molecule has 65 heavy (non-hydrogen) atoms. The molecular formula is C44H62N14O7. The minimum atomic E-state index is -1.22. The van der Waals surface area contributed by atoms with Gasteiger partial charge >= 0.3 is 0 Å². The van der Waals surface area contributed by atoms with Gasteiger partial charge in [-0.25, -0.2) is 0 Å². The molecule has 15 N–H and O–H groups in total. The number of rotatable bonds is 15. The largest absolute Gasteiger partial charge is 0.370 e. The van der Waals surface area contributed by atoms with Crippen LogP contribution in [0.5, 0.6) is 0 Å². The lowest BCUT2D eigenvalue weighted by atomic mass is 10.0. The summed E-state index contributed by atoms with van der Waals surface area (Å²) in [6.07, 6.45) is 3.60. The van der Waals surface area contributed by atoms with Crippen LogP contribution >= 0.6 is 0 Å². The number of hydrogen-bond acceptors (Lipinski definition) is 9. The molecule has 2 fully saturated rings. The van der Waals surface area contributed by atoms with E-state index in [0.29, 0.717) is 12.8 Å². The van der Waals surface area contributed by atoms with Crippen LogP contribution < -0.4 is 54.8 Å². The fraction of sp³-hybridized carbons (Fsp3) is 0.477. The number of nitrogens with one attached hydrogen (secondary N) is 7. The Labute approximate surface area is 377 Å². The molecule has 21 heteroatoms. The molecule has 0 spiro atoms. The van der Waals surface area contributed by atoms with E-state index in [1.807, 2.05) is 54.6 Å². The zero-order valence-corrected chi connectivity index (χ0v) is 36.6. The van der Waals surface area contributed by atoms with Crippen LogP contribution in [-0.2, 0) is 46.4 Å². The lowest BCUT2D eigenvalue weighted by Gasteiger charge is -2.31. The van der Waals surface area contributed by atoms with E-state index >= 15 is 0 Å². The predicted octanol–water partition coefficient (Wildman–Crippen LogP) is -1.59. The standard InChI is InChI=1S/C44H62N14O7/c1-26(59)53-34(23-27-11-3-2-4-12-27)39(62)56-33-17-9-19-49-37(60)31(15-7-20-50-43(45)46)54-40(63)35(24-28-25-52-30-14-6-5-13-29(28)30)57-38(61)32(16-8-21-51-44(47)48)55-41(64)36-18-10-22-58(36)42(33)65/h2-6,11-14,25,31-36,52H,7-10,15-24H2,1H3,(H,49,60)(H,53,59)(H,54,63)(H,55,64)(H,56,62)(H,57,61)(H4,45,46,50)(H4,47,48,51)/t31?,32-,33+,34+,35+,36+/m1/s1. The Morgan fingerprint density at radius 1 is 0.769 bits per heavy atom. The van der Waals surface area contributed by atoms with Gasteiger partial charge in [0.1, 0.15) is 36.3 Å². The van der Waals surface area contributed by atoms with Crippen LogP contribution in [0.1, 0.15) is 69.4 Å². The topological polar surface area (TPSA) is 339 Å². The van der Waals surface area contributed by atoms with E-state index < -0.39 is 77.6 Å². The summed E-state index contributed by atoms with van der Waals surface area (Å²) in [6, 6.07) is 9.80. The smallest absolute Gasteiger partial charge is 0.245 e. The van der Waals surface area contributed by atoms with Crippen molar-refractivity contribution in [3.63, 3.8) is 0 Å². The van der Waals surface area contributed by atoms with Crippen LogP contribution in [0.15, 0.2) is 70.8 Å². The lowest BCUT2D eigenvalue weighted by molar-refractivity contribution is -0.142. The van der Waals surface area contributed by atoms with Crippen LogP contribution in [-0.4, -0.2) is 126 Å². The van der Waals surface area contributed by atoms with Crippen molar-refractivity contribution in [3.05, 3.63) is 71.9 Å². The summed E-state index contributed by atoms with van der Waals surface area (Å²) in [6.45, 7) is 1.83. The van der Waals surface area contributed by atoms with E-state index in [1.165, 1.54) is 11.8 Å². The van der Waals surface area contributed by atoms with Gasteiger partial charge in [0, 0.05) is 63.0 Å². The number of nitrogens with zero attached hydrogens (tertiary/aromatic N) is 3. The normalized spacial score (nSPS) is 21.6. The molecule has 0 aliphatic carbocycles. The third-order valence-electron chi connectivity index (χ3n) is 11.3. The van der Waals surface area contributed by atoms with E-state index in [4.69, 9.17) is 22.9 Å². The molecule has 1 unspecified atom stereocenters. The van der Waals surface area contributed by atoms with Gasteiger partial charge in [-0.3, -0.25) is 43.5 Å². The Bertz CT molecular complexity index is 2200. The molecule has 3 aromatic rings. The molecule has 0 saturated carbocycles. The maximum absolute atomic E-state index is 14.5. The molecule has 0 bridgehead atoms. The van der Waals surface area contributed by atoms with Crippen LogP contribution in [0.2, 0.25) is 0 Å². The van der Waals surface area contributed by atoms with E-state index in [-0.39, 0.29) is 89.5 Å². The van der Waals surface area contributed by atoms with Crippen LogP contribution in [0.25, 0.3) is 10.9 Å². The van der Waals surface area contributed by atoms with E-state index in [0.717, 1.165) is 22.0 Å². The summed E-state index contributed by atoms with van der Waals surface area (Å²) in [7, 11) is 0. The minimum absolute atomic E-state index is 0.0186. The highest BCUT2D eigenvalue weighted by atomic mass is 16.2. The lowest BCUT2D eigenvalue weighted by Crippen LogP contribution is -2.60. The van der Waals surface area contributed by atoms with Gasteiger partial charge in [-0.2, -0.15) is 0 Å². The van der Waals surface area contributed by atoms with E-state index in [2.05, 4.69) is 46.9 Å². The van der Waals surface area contributed by atoms with Crippen LogP contribution in [0, 0.1) is 0 Å². The van der Waals surface area contributed by atoms with Gasteiger partial charge in [0.15, 0.2) is 11.9 Å². The van der Waals surface area contributed by atoms with Gasteiger partial charge < -0.3 is 64.7 Å². The number of H-pyrrole nitrogens is 1. The van der Waals surface area contributed by atoms with Gasteiger partial charge in [0.05, 0.1) is 0 Å². The Kier molecular flexibility index (Phi) is 18.1. The summed E-state index contributed by atoms with van der Waals surface area (Å²) in [5, 5.41) is 17.7. The zero-order valence-electron chi connectivity index (χ0n) is 36.6. The van der Waals surface area contributed by atoms with Crippen molar-refractivity contribution in [2.75, 3.05) is 26.2 Å². The highest BCUT2D eigenvalue weighted by Crippen LogP contribution is 2.22. The maximum atomic E-state index is 14.5.